The Hall–Kier alpha value is -2.08. The lowest BCUT2D eigenvalue weighted by Gasteiger charge is -2.27. The van der Waals surface area contributed by atoms with Gasteiger partial charge >= 0.3 is 0 Å². The van der Waals surface area contributed by atoms with Crippen molar-refractivity contribution in [3.05, 3.63) is 48.2 Å². The molecule has 0 saturated heterocycles. The summed E-state index contributed by atoms with van der Waals surface area (Å²) in [6.45, 7) is 7.11. The fraction of sp³-hybridized carbons (Fsp3) is 0.421. The van der Waals surface area contributed by atoms with Crippen molar-refractivity contribution in [1.29, 1.82) is 0 Å². The summed E-state index contributed by atoms with van der Waals surface area (Å²) in [6, 6.07) is 11.4. The van der Waals surface area contributed by atoms with Gasteiger partial charge in [-0.25, -0.2) is 13.4 Å². The number of methoxy groups -OCH3 is 1. The quantitative estimate of drug-likeness (QED) is 0.808. The van der Waals surface area contributed by atoms with Gasteiger partial charge < -0.3 is 9.64 Å². The number of benzene rings is 1. The van der Waals surface area contributed by atoms with E-state index >= 15 is 0 Å². The van der Waals surface area contributed by atoms with E-state index in [4.69, 9.17) is 4.74 Å². The number of anilines is 1. The zero-order valence-electron chi connectivity index (χ0n) is 15.6. The molecule has 0 spiro atoms. The fourth-order valence-corrected chi connectivity index (χ4v) is 3.45. The van der Waals surface area contributed by atoms with Crippen molar-refractivity contribution in [3.8, 4) is 5.75 Å². The van der Waals surface area contributed by atoms with Crippen molar-refractivity contribution in [1.82, 2.24) is 4.98 Å². The molecule has 0 N–H and O–H groups in total. The second-order valence-electron chi connectivity index (χ2n) is 7.03. The maximum atomic E-state index is 12.5. The van der Waals surface area contributed by atoms with Crippen LogP contribution < -0.4 is 9.64 Å². The van der Waals surface area contributed by atoms with Gasteiger partial charge in [-0.05, 0) is 57.5 Å². The van der Waals surface area contributed by atoms with Crippen molar-refractivity contribution >= 4 is 15.5 Å². The van der Waals surface area contributed by atoms with E-state index in [9.17, 15) is 8.42 Å². The molecular formula is C19H26N2O3S. The van der Waals surface area contributed by atoms with Gasteiger partial charge in [-0.2, -0.15) is 0 Å². The average molecular weight is 362 g/mol. The second kappa shape index (κ2) is 7.04. The van der Waals surface area contributed by atoms with Crippen LogP contribution >= 0.6 is 0 Å². The number of sulfone groups is 1. The van der Waals surface area contributed by atoms with E-state index in [1.165, 1.54) is 0 Å². The Labute approximate surface area is 150 Å². The van der Waals surface area contributed by atoms with Gasteiger partial charge in [-0.3, -0.25) is 0 Å². The Balaban J connectivity index is 2.23. The first kappa shape index (κ1) is 19.2. The summed E-state index contributed by atoms with van der Waals surface area (Å²) in [4.78, 5) is 6.25. The number of hydrogen-bond acceptors (Lipinski definition) is 5. The molecule has 2 aromatic rings. The molecule has 1 aromatic heterocycles. The minimum atomic E-state index is -3.44. The summed E-state index contributed by atoms with van der Waals surface area (Å²) < 4.78 is 29.2. The highest BCUT2D eigenvalue weighted by Crippen LogP contribution is 2.28. The molecule has 25 heavy (non-hydrogen) atoms. The zero-order valence-corrected chi connectivity index (χ0v) is 16.5. The van der Waals surface area contributed by atoms with E-state index in [1.54, 1.807) is 46.2 Å². The number of nitrogens with zero attached hydrogens (tertiary/aromatic N) is 2. The van der Waals surface area contributed by atoms with Crippen LogP contribution in [0.4, 0.5) is 5.69 Å². The van der Waals surface area contributed by atoms with Gasteiger partial charge in [0, 0.05) is 7.05 Å². The normalized spacial score (nSPS) is 13.4. The van der Waals surface area contributed by atoms with Gasteiger partial charge in [0.05, 0.1) is 29.8 Å². The smallest absolute Gasteiger partial charge is 0.200 e. The molecule has 0 fully saturated rings. The number of pyridine rings is 1. The van der Waals surface area contributed by atoms with Crippen LogP contribution in [0.2, 0.25) is 0 Å². The molecule has 1 unspecified atom stereocenters. The molecule has 0 bridgehead atoms. The van der Waals surface area contributed by atoms with Crippen LogP contribution in [0, 0.1) is 0 Å². The molecular weight excluding hydrogens is 336 g/mol. The van der Waals surface area contributed by atoms with Crippen LogP contribution in [0.15, 0.2) is 47.6 Å². The molecule has 1 atom stereocenters. The van der Waals surface area contributed by atoms with Crippen LogP contribution in [-0.4, -0.2) is 32.3 Å². The van der Waals surface area contributed by atoms with Crippen LogP contribution in [-0.2, 0) is 9.84 Å². The molecule has 0 aliphatic carbocycles. The van der Waals surface area contributed by atoms with E-state index in [1.807, 2.05) is 31.3 Å². The summed E-state index contributed by atoms with van der Waals surface area (Å²) in [5.41, 5.74) is 1.99. The molecule has 1 aromatic carbocycles. The van der Waals surface area contributed by atoms with Crippen molar-refractivity contribution in [2.45, 2.75) is 43.5 Å². The summed E-state index contributed by atoms with van der Waals surface area (Å²) >= 11 is 0. The molecule has 6 heteroatoms. The number of hydrogen-bond donors (Lipinski definition) is 0. The molecule has 1 heterocycles. The predicted molar refractivity (Wildman–Crippen MR) is 101 cm³/mol. The highest BCUT2D eigenvalue weighted by Gasteiger charge is 2.32. The lowest BCUT2D eigenvalue weighted by Crippen LogP contribution is -2.29. The number of rotatable bonds is 5. The lowest BCUT2D eigenvalue weighted by atomic mass is 10.1. The zero-order chi connectivity index (χ0) is 18.8. The second-order valence-corrected chi connectivity index (χ2v) is 9.68. The molecule has 0 amide bonds. The van der Waals surface area contributed by atoms with Crippen LogP contribution in [0.1, 0.15) is 39.3 Å². The Morgan fingerprint density at radius 2 is 1.68 bits per heavy atom. The Bertz CT molecular complexity index is 807. The van der Waals surface area contributed by atoms with Crippen LogP contribution in [0.3, 0.4) is 0 Å². The summed E-state index contributed by atoms with van der Waals surface area (Å²) in [5, 5.41) is 0.106. The van der Waals surface area contributed by atoms with Gasteiger partial charge in [0.25, 0.3) is 0 Å². The first-order valence-electron chi connectivity index (χ1n) is 8.15. The largest absolute Gasteiger partial charge is 0.497 e. The minimum Gasteiger partial charge on any atom is -0.497 e. The SMILES string of the molecule is COc1ccc(C(C)N(C)c2ccc(S(=O)(=O)C(C)(C)C)nc2)cc1. The van der Waals surface area contributed by atoms with Gasteiger partial charge in [0.1, 0.15) is 5.75 Å². The average Bonchev–Trinajstić information content (AvgIpc) is 2.59. The molecule has 136 valence electrons. The van der Waals surface area contributed by atoms with Crippen molar-refractivity contribution < 1.29 is 13.2 Å². The first-order valence-corrected chi connectivity index (χ1v) is 9.63. The van der Waals surface area contributed by atoms with E-state index in [0.29, 0.717) is 0 Å². The molecule has 0 aliphatic rings. The monoisotopic (exact) mass is 362 g/mol. The lowest BCUT2D eigenvalue weighted by molar-refractivity contribution is 0.414. The molecule has 2 rings (SSSR count). The van der Waals surface area contributed by atoms with Gasteiger partial charge in [-0.15, -0.1) is 0 Å². The van der Waals surface area contributed by atoms with Crippen molar-refractivity contribution in [2.75, 3.05) is 19.1 Å². The third kappa shape index (κ3) is 3.95. The highest BCUT2D eigenvalue weighted by atomic mass is 32.2. The van der Waals surface area contributed by atoms with Gasteiger partial charge in [0.15, 0.2) is 14.9 Å². The first-order chi connectivity index (χ1) is 11.6. The number of aromatic nitrogens is 1. The third-order valence-corrected chi connectivity index (χ3v) is 6.79. The molecule has 5 nitrogen and oxygen atoms in total. The molecule has 0 saturated carbocycles. The van der Waals surface area contributed by atoms with E-state index in [0.717, 1.165) is 17.0 Å². The summed E-state index contributed by atoms with van der Waals surface area (Å²) in [7, 11) is 0.162. The summed E-state index contributed by atoms with van der Waals surface area (Å²) in [5.74, 6) is 0.817. The van der Waals surface area contributed by atoms with Crippen LogP contribution in [0.25, 0.3) is 0 Å². The third-order valence-electron chi connectivity index (χ3n) is 4.39. The minimum absolute atomic E-state index is 0.106. The van der Waals surface area contributed by atoms with E-state index in [-0.39, 0.29) is 11.1 Å². The number of ether oxygens (including phenoxy) is 1. The highest BCUT2D eigenvalue weighted by molar-refractivity contribution is 7.92. The van der Waals surface area contributed by atoms with E-state index in [2.05, 4.69) is 16.8 Å². The summed E-state index contributed by atoms with van der Waals surface area (Å²) in [6.07, 6.45) is 1.61. The Morgan fingerprint density at radius 1 is 1.08 bits per heavy atom. The van der Waals surface area contributed by atoms with Gasteiger partial charge in [-0.1, -0.05) is 12.1 Å². The topological polar surface area (TPSA) is 59.5 Å². The Kier molecular flexibility index (Phi) is 5.42. The standard InChI is InChI=1S/C19H26N2O3S/c1-14(15-7-10-17(24-6)11-8-15)21(5)16-9-12-18(20-13-16)25(22,23)19(2,3)4/h7-14H,1-6H3. The maximum absolute atomic E-state index is 12.5. The fourth-order valence-electron chi connectivity index (χ4n) is 2.38. The molecule has 0 aliphatic heterocycles. The van der Waals surface area contributed by atoms with Crippen LogP contribution in [0.5, 0.6) is 5.75 Å². The molecule has 0 radical (unpaired) electrons. The van der Waals surface area contributed by atoms with Gasteiger partial charge in [0.2, 0.25) is 0 Å². The Morgan fingerprint density at radius 3 is 2.12 bits per heavy atom. The van der Waals surface area contributed by atoms with Crippen molar-refractivity contribution in [2.24, 2.45) is 0 Å². The van der Waals surface area contributed by atoms with E-state index < -0.39 is 14.6 Å². The van der Waals surface area contributed by atoms with Crippen molar-refractivity contribution in [3.63, 3.8) is 0 Å². The predicted octanol–water partition coefficient (Wildman–Crippen LogP) is 3.86. The maximum Gasteiger partial charge on any atom is 0.200 e.